The molecule has 3 unspecified atom stereocenters. The monoisotopic (exact) mass is 255 g/mol. The average Bonchev–Trinajstić information content (AvgIpc) is 2.37. The lowest BCUT2D eigenvalue weighted by Crippen LogP contribution is -2.48. The molecule has 18 heavy (non-hydrogen) atoms. The lowest BCUT2D eigenvalue weighted by atomic mass is 9.82. The van der Waals surface area contributed by atoms with E-state index in [0.717, 1.165) is 12.3 Å². The van der Waals surface area contributed by atoms with Crippen molar-refractivity contribution in [3.63, 3.8) is 0 Å². The predicted octanol–water partition coefficient (Wildman–Crippen LogP) is 3.13. The topological polar surface area (TPSA) is 38.3 Å². The maximum atomic E-state index is 11.8. The highest BCUT2D eigenvalue weighted by Gasteiger charge is 2.29. The number of esters is 1. The third-order valence-corrected chi connectivity index (χ3v) is 4.04. The predicted molar refractivity (Wildman–Crippen MR) is 74.4 cm³/mol. The van der Waals surface area contributed by atoms with Crippen molar-refractivity contribution in [3.8, 4) is 0 Å². The number of hydrogen-bond acceptors (Lipinski definition) is 3. The van der Waals surface area contributed by atoms with Crippen LogP contribution in [0.1, 0.15) is 59.3 Å². The van der Waals surface area contributed by atoms with Gasteiger partial charge in [-0.3, -0.25) is 4.79 Å². The summed E-state index contributed by atoms with van der Waals surface area (Å²) in [6.07, 6.45) is 7.17. The summed E-state index contributed by atoms with van der Waals surface area (Å²) in [4.78, 5) is 11.8. The Kier molecular flexibility index (Phi) is 6.69. The highest BCUT2D eigenvalue weighted by molar-refractivity contribution is 5.75. The van der Waals surface area contributed by atoms with Crippen molar-refractivity contribution in [2.45, 2.75) is 71.4 Å². The zero-order valence-electron chi connectivity index (χ0n) is 12.4. The number of hydrogen-bond donors (Lipinski definition) is 1. The van der Waals surface area contributed by atoms with E-state index < -0.39 is 0 Å². The second-order valence-electron chi connectivity index (χ2n) is 5.93. The molecule has 0 amide bonds. The number of carbonyl (C=O) groups is 1. The first-order chi connectivity index (χ1) is 8.58. The Hall–Kier alpha value is -0.570. The van der Waals surface area contributed by atoms with E-state index >= 15 is 0 Å². The zero-order valence-corrected chi connectivity index (χ0v) is 12.4. The van der Waals surface area contributed by atoms with Gasteiger partial charge in [0.1, 0.15) is 6.04 Å². The Balaban J connectivity index is 2.59. The summed E-state index contributed by atoms with van der Waals surface area (Å²) in [7, 11) is 1.48. The average molecular weight is 255 g/mol. The fourth-order valence-corrected chi connectivity index (χ4v) is 3.02. The van der Waals surface area contributed by atoms with Crippen LogP contribution in [0.15, 0.2) is 0 Å². The molecule has 1 aliphatic carbocycles. The summed E-state index contributed by atoms with van der Waals surface area (Å²) in [5.41, 5.74) is 0. The summed E-state index contributed by atoms with van der Waals surface area (Å²) in [5, 5.41) is 3.56. The Labute approximate surface area is 112 Å². The van der Waals surface area contributed by atoms with Crippen molar-refractivity contribution in [3.05, 3.63) is 0 Å². The normalized spacial score (nSPS) is 26.1. The van der Waals surface area contributed by atoms with Crippen LogP contribution in [0.4, 0.5) is 0 Å². The third-order valence-electron chi connectivity index (χ3n) is 4.04. The number of rotatable bonds is 6. The lowest BCUT2D eigenvalue weighted by Gasteiger charge is -2.34. The molecule has 1 aliphatic rings. The second-order valence-corrected chi connectivity index (χ2v) is 5.93. The Morgan fingerprint density at radius 1 is 1.33 bits per heavy atom. The van der Waals surface area contributed by atoms with Crippen LogP contribution in [0.2, 0.25) is 0 Å². The van der Waals surface area contributed by atoms with Crippen LogP contribution >= 0.6 is 0 Å². The van der Waals surface area contributed by atoms with Gasteiger partial charge in [0.15, 0.2) is 0 Å². The first-order valence-electron chi connectivity index (χ1n) is 7.42. The van der Waals surface area contributed by atoms with Crippen LogP contribution < -0.4 is 5.32 Å². The lowest BCUT2D eigenvalue weighted by molar-refractivity contribution is -0.144. The summed E-state index contributed by atoms with van der Waals surface area (Å²) < 4.78 is 4.92. The molecule has 0 spiro atoms. The van der Waals surface area contributed by atoms with E-state index in [0.29, 0.717) is 12.0 Å². The number of carbonyl (C=O) groups excluding carboxylic acids is 1. The van der Waals surface area contributed by atoms with E-state index in [-0.39, 0.29) is 12.0 Å². The number of ether oxygens (including phenoxy) is 1. The number of methoxy groups -OCH3 is 1. The van der Waals surface area contributed by atoms with Crippen molar-refractivity contribution in [2.24, 2.45) is 11.8 Å². The molecule has 106 valence electrons. The molecular weight excluding hydrogens is 226 g/mol. The first-order valence-corrected chi connectivity index (χ1v) is 7.42. The van der Waals surface area contributed by atoms with Gasteiger partial charge in [-0.25, -0.2) is 0 Å². The van der Waals surface area contributed by atoms with Gasteiger partial charge in [-0.2, -0.15) is 0 Å². The second kappa shape index (κ2) is 7.78. The molecule has 0 heterocycles. The summed E-state index contributed by atoms with van der Waals surface area (Å²) in [6.45, 7) is 6.55. The minimum absolute atomic E-state index is 0.107. The molecule has 3 heteroatoms. The SMILES string of the molecule is CCC1CCCCC1NC(CC(C)C)C(=O)OC. The van der Waals surface area contributed by atoms with Crippen molar-refractivity contribution in [1.29, 1.82) is 0 Å². The summed E-state index contributed by atoms with van der Waals surface area (Å²) in [5.74, 6) is 1.12. The molecule has 0 aliphatic heterocycles. The van der Waals surface area contributed by atoms with Gasteiger partial charge in [-0.1, -0.05) is 40.0 Å². The molecule has 0 aromatic rings. The molecule has 1 saturated carbocycles. The van der Waals surface area contributed by atoms with Gasteiger partial charge in [-0.05, 0) is 31.1 Å². The molecular formula is C15H29NO2. The van der Waals surface area contributed by atoms with Gasteiger partial charge in [-0.15, -0.1) is 0 Å². The molecule has 3 atom stereocenters. The van der Waals surface area contributed by atoms with Crippen LogP contribution in [0.25, 0.3) is 0 Å². The molecule has 1 N–H and O–H groups in total. The highest BCUT2D eigenvalue weighted by Crippen LogP contribution is 2.27. The first kappa shape index (κ1) is 15.5. The Morgan fingerprint density at radius 2 is 2.00 bits per heavy atom. The Morgan fingerprint density at radius 3 is 2.56 bits per heavy atom. The van der Waals surface area contributed by atoms with Crippen LogP contribution in [0.3, 0.4) is 0 Å². The van der Waals surface area contributed by atoms with Gasteiger partial charge < -0.3 is 10.1 Å². The van der Waals surface area contributed by atoms with Gasteiger partial charge in [0, 0.05) is 6.04 Å². The van der Waals surface area contributed by atoms with Gasteiger partial charge in [0.05, 0.1) is 7.11 Å². The van der Waals surface area contributed by atoms with Crippen molar-refractivity contribution < 1.29 is 9.53 Å². The minimum Gasteiger partial charge on any atom is -0.468 e. The zero-order chi connectivity index (χ0) is 13.5. The van der Waals surface area contributed by atoms with E-state index in [1.165, 1.54) is 39.2 Å². The molecule has 0 bridgehead atoms. The quantitative estimate of drug-likeness (QED) is 0.741. The van der Waals surface area contributed by atoms with E-state index in [1.54, 1.807) is 0 Å². The van der Waals surface area contributed by atoms with E-state index in [4.69, 9.17) is 4.74 Å². The molecule has 3 nitrogen and oxygen atoms in total. The summed E-state index contributed by atoms with van der Waals surface area (Å²) >= 11 is 0. The summed E-state index contributed by atoms with van der Waals surface area (Å²) in [6, 6.07) is 0.360. The van der Waals surface area contributed by atoms with Crippen molar-refractivity contribution in [1.82, 2.24) is 5.32 Å². The van der Waals surface area contributed by atoms with Crippen LogP contribution in [0, 0.1) is 11.8 Å². The minimum atomic E-state index is -0.132. The molecule has 1 fully saturated rings. The van der Waals surface area contributed by atoms with Gasteiger partial charge >= 0.3 is 5.97 Å². The van der Waals surface area contributed by atoms with Gasteiger partial charge in [0.25, 0.3) is 0 Å². The maximum Gasteiger partial charge on any atom is 0.322 e. The van der Waals surface area contributed by atoms with E-state index in [9.17, 15) is 4.79 Å². The standard InChI is InChI=1S/C15H29NO2/c1-5-12-8-6-7-9-13(12)16-14(10-11(2)3)15(17)18-4/h11-14,16H,5-10H2,1-4H3. The third kappa shape index (κ3) is 4.60. The highest BCUT2D eigenvalue weighted by atomic mass is 16.5. The van der Waals surface area contributed by atoms with Crippen molar-refractivity contribution >= 4 is 5.97 Å². The molecule has 0 aromatic heterocycles. The van der Waals surface area contributed by atoms with E-state index in [1.807, 2.05) is 0 Å². The Bertz CT molecular complexity index is 253. The molecule has 1 rings (SSSR count). The molecule has 0 saturated heterocycles. The number of nitrogens with one attached hydrogen (secondary N) is 1. The van der Waals surface area contributed by atoms with Crippen LogP contribution in [0.5, 0.6) is 0 Å². The molecule has 0 radical (unpaired) electrons. The van der Waals surface area contributed by atoms with Crippen molar-refractivity contribution in [2.75, 3.05) is 7.11 Å². The van der Waals surface area contributed by atoms with Crippen LogP contribution in [-0.4, -0.2) is 25.2 Å². The maximum absolute atomic E-state index is 11.8. The largest absolute Gasteiger partial charge is 0.468 e. The fourth-order valence-electron chi connectivity index (χ4n) is 3.02. The van der Waals surface area contributed by atoms with Crippen LogP contribution in [-0.2, 0) is 9.53 Å². The fraction of sp³-hybridized carbons (Fsp3) is 0.933. The molecule has 0 aromatic carbocycles. The van der Waals surface area contributed by atoms with Gasteiger partial charge in [0.2, 0.25) is 0 Å². The van der Waals surface area contributed by atoms with E-state index in [2.05, 4.69) is 26.1 Å². The smallest absolute Gasteiger partial charge is 0.322 e.